The highest BCUT2D eigenvalue weighted by molar-refractivity contribution is 9.10. The van der Waals surface area contributed by atoms with E-state index in [0.29, 0.717) is 4.47 Å². The zero-order chi connectivity index (χ0) is 11.7. The van der Waals surface area contributed by atoms with Crippen LogP contribution in [-0.4, -0.2) is 22.0 Å². The SMILES string of the molecule is O=C(O)c1cc(Br)cc(NC(=O)C2CC2)n1. The molecule has 0 bridgehead atoms. The Morgan fingerprint density at radius 3 is 2.69 bits per heavy atom. The molecule has 0 unspecified atom stereocenters. The van der Waals surface area contributed by atoms with E-state index in [9.17, 15) is 9.59 Å². The van der Waals surface area contributed by atoms with Gasteiger partial charge in [-0.15, -0.1) is 0 Å². The molecular formula is C10H9BrN2O3. The summed E-state index contributed by atoms with van der Waals surface area (Å²) in [5.74, 6) is -0.886. The van der Waals surface area contributed by atoms with Crippen LogP contribution in [0.3, 0.4) is 0 Å². The number of carboxylic acid groups (broad SMARTS) is 1. The Bertz CT molecular complexity index is 457. The first kappa shape index (κ1) is 11.1. The van der Waals surface area contributed by atoms with Gasteiger partial charge in [-0.05, 0) is 25.0 Å². The standard InChI is InChI=1S/C10H9BrN2O3/c11-6-3-7(10(15)16)12-8(4-6)13-9(14)5-1-2-5/h3-5H,1-2H2,(H,15,16)(H,12,13,14). The average molecular weight is 285 g/mol. The third-order valence-electron chi connectivity index (χ3n) is 2.21. The second-order valence-electron chi connectivity index (χ2n) is 3.62. The predicted octanol–water partition coefficient (Wildman–Crippen LogP) is 1.89. The molecule has 2 rings (SSSR count). The van der Waals surface area contributed by atoms with Gasteiger partial charge in [0.2, 0.25) is 5.91 Å². The fraction of sp³-hybridized carbons (Fsp3) is 0.300. The highest BCUT2D eigenvalue weighted by atomic mass is 79.9. The normalized spacial score (nSPS) is 14.6. The van der Waals surface area contributed by atoms with Crippen LogP contribution in [0, 0.1) is 5.92 Å². The van der Waals surface area contributed by atoms with Gasteiger partial charge >= 0.3 is 5.97 Å². The van der Waals surface area contributed by atoms with Crippen LogP contribution in [-0.2, 0) is 4.79 Å². The van der Waals surface area contributed by atoms with Gasteiger partial charge in [0, 0.05) is 10.4 Å². The molecule has 1 aromatic rings. The molecule has 1 amide bonds. The number of carbonyl (C=O) groups is 2. The van der Waals surface area contributed by atoms with Gasteiger partial charge in [-0.3, -0.25) is 4.79 Å². The molecule has 6 heteroatoms. The quantitative estimate of drug-likeness (QED) is 0.888. The van der Waals surface area contributed by atoms with E-state index < -0.39 is 5.97 Å². The van der Waals surface area contributed by atoms with E-state index in [-0.39, 0.29) is 23.3 Å². The molecule has 0 atom stereocenters. The topological polar surface area (TPSA) is 79.3 Å². The number of amides is 1. The third-order valence-corrected chi connectivity index (χ3v) is 2.67. The summed E-state index contributed by atoms with van der Waals surface area (Å²) >= 11 is 3.17. The summed E-state index contributed by atoms with van der Waals surface area (Å²) in [6.45, 7) is 0. The van der Waals surface area contributed by atoms with Crippen molar-refractivity contribution < 1.29 is 14.7 Å². The van der Waals surface area contributed by atoms with Gasteiger partial charge in [0.25, 0.3) is 0 Å². The van der Waals surface area contributed by atoms with Crippen molar-refractivity contribution >= 4 is 33.6 Å². The van der Waals surface area contributed by atoms with Crippen molar-refractivity contribution in [1.82, 2.24) is 4.98 Å². The van der Waals surface area contributed by atoms with Crippen LogP contribution < -0.4 is 5.32 Å². The van der Waals surface area contributed by atoms with E-state index in [4.69, 9.17) is 5.11 Å². The Morgan fingerprint density at radius 2 is 2.12 bits per heavy atom. The van der Waals surface area contributed by atoms with E-state index >= 15 is 0 Å². The summed E-state index contributed by atoms with van der Waals surface area (Å²) in [6, 6.07) is 2.96. The number of anilines is 1. The van der Waals surface area contributed by atoms with Crippen LogP contribution in [0.1, 0.15) is 23.3 Å². The molecule has 0 saturated heterocycles. The van der Waals surface area contributed by atoms with E-state index in [1.54, 1.807) is 6.07 Å². The molecule has 1 fully saturated rings. The molecule has 0 radical (unpaired) electrons. The molecule has 1 aliphatic carbocycles. The lowest BCUT2D eigenvalue weighted by Gasteiger charge is -2.04. The lowest BCUT2D eigenvalue weighted by Crippen LogP contribution is -2.15. The van der Waals surface area contributed by atoms with Crippen molar-refractivity contribution in [3.8, 4) is 0 Å². The van der Waals surface area contributed by atoms with Crippen molar-refractivity contribution in [1.29, 1.82) is 0 Å². The molecule has 5 nitrogen and oxygen atoms in total. The molecule has 0 aromatic carbocycles. The van der Waals surface area contributed by atoms with E-state index in [1.807, 2.05) is 0 Å². The van der Waals surface area contributed by atoms with Gasteiger partial charge in [0.05, 0.1) is 0 Å². The number of pyridine rings is 1. The number of aromatic carboxylic acids is 1. The van der Waals surface area contributed by atoms with E-state index in [0.717, 1.165) is 12.8 Å². The Balaban J connectivity index is 2.19. The van der Waals surface area contributed by atoms with Crippen LogP contribution in [0.15, 0.2) is 16.6 Å². The second kappa shape index (κ2) is 4.21. The Hall–Kier alpha value is -1.43. The van der Waals surface area contributed by atoms with Crippen LogP contribution in [0.2, 0.25) is 0 Å². The molecule has 1 saturated carbocycles. The molecule has 84 valence electrons. The van der Waals surface area contributed by atoms with Crippen molar-refractivity contribution in [3.63, 3.8) is 0 Å². The van der Waals surface area contributed by atoms with Gasteiger partial charge in [-0.1, -0.05) is 15.9 Å². The summed E-state index contributed by atoms with van der Waals surface area (Å²) in [5, 5.41) is 11.4. The molecule has 0 spiro atoms. The summed E-state index contributed by atoms with van der Waals surface area (Å²) in [5.41, 5.74) is -0.0968. The fourth-order valence-electron chi connectivity index (χ4n) is 1.24. The van der Waals surface area contributed by atoms with Crippen LogP contribution in [0.5, 0.6) is 0 Å². The number of nitrogens with zero attached hydrogens (tertiary/aromatic N) is 1. The number of nitrogens with one attached hydrogen (secondary N) is 1. The Kier molecular flexibility index (Phi) is 2.91. The number of hydrogen-bond donors (Lipinski definition) is 2. The van der Waals surface area contributed by atoms with Crippen molar-refractivity contribution in [3.05, 3.63) is 22.3 Å². The highest BCUT2D eigenvalue weighted by Gasteiger charge is 2.29. The van der Waals surface area contributed by atoms with Gasteiger partial charge in [0.15, 0.2) is 5.69 Å². The highest BCUT2D eigenvalue weighted by Crippen LogP contribution is 2.30. The lowest BCUT2D eigenvalue weighted by atomic mass is 10.3. The minimum Gasteiger partial charge on any atom is -0.477 e. The number of aromatic nitrogens is 1. The number of carbonyl (C=O) groups excluding carboxylic acids is 1. The molecular weight excluding hydrogens is 276 g/mol. The van der Waals surface area contributed by atoms with Crippen molar-refractivity contribution in [2.24, 2.45) is 5.92 Å². The zero-order valence-corrected chi connectivity index (χ0v) is 9.82. The molecule has 2 N–H and O–H groups in total. The lowest BCUT2D eigenvalue weighted by molar-refractivity contribution is -0.117. The van der Waals surface area contributed by atoms with Crippen molar-refractivity contribution in [2.75, 3.05) is 5.32 Å². The average Bonchev–Trinajstić information content (AvgIpc) is 2.99. The molecule has 16 heavy (non-hydrogen) atoms. The first-order chi connectivity index (χ1) is 7.56. The maximum Gasteiger partial charge on any atom is 0.354 e. The molecule has 1 aromatic heterocycles. The van der Waals surface area contributed by atoms with Gasteiger partial charge in [-0.2, -0.15) is 0 Å². The van der Waals surface area contributed by atoms with E-state index in [2.05, 4.69) is 26.2 Å². The second-order valence-corrected chi connectivity index (χ2v) is 4.54. The third kappa shape index (κ3) is 2.57. The maximum absolute atomic E-state index is 11.5. The first-order valence-electron chi connectivity index (χ1n) is 4.78. The number of carboxylic acids is 1. The van der Waals surface area contributed by atoms with Crippen LogP contribution in [0.25, 0.3) is 0 Å². The van der Waals surface area contributed by atoms with Gasteiger partial charge in [0.1, 0.15) is 5.82 Å². The van der Waals surface area contributed by atoms with Crippen LogP contribution in [0.4, 0.5) is 5.82 Å². The monoisotopic (exact) mass is 284 g/mol. The maximum atomic E-state index is 11.5. The predicted molar refractivity (Wildman–Crippen MR) is 60.3 cm³/mol. The number of halogens is 1. The molecule has 1 aliphatic rings. The molecule has 0 aliphatic heterocycles. The minimum atomic E-state index is -1.12. The largest absolute Gasteiger partial charge is 0.477 e. The molecule has 1 heterocycles. The summed E-state index contributed by atoms with van der Waals surface area (Å²) < 4.78 is 0.575. The summed E-state index contributed by atoms with van der Waals surface area (Å²) in [4.78, 5) is 26.0. The van der Waals surface area contributed by atoms with Crippen LogP contribution >= 0.6 is 15.9 Å². The fourth-order valence-corrected chi connectivity index (χ4v) is 1.68. The Labute approximate surface area is 100 Å². The van der Waals surface area contributed by atoms with E-state index in [1.165, 1.54) is 6.07 Å². The zero-order valence-electron chi connectivity index (χ0n) is 8.24. The smallest absolute Gasteiger partial charge is 0.354 e. The minimum absolute atomic E-state index is 0.0639. The number of rotatable bonds is 3. The van der Waals surface area contributed by atoms with Gasteiger partial charge < -0.3 is 10.4 Å². The van der Waals surface area contributed by atoms with Gasteiger partial charge in [-0.25, -0.2) is 9.78 Å². The Morgan fingerprint density at radius 1 is 1.44 bits per heavy atom. The number of hydrogen-bond acceptors (Lipinski definition) is 3. The van der Waals surface area contributed by atoms with Crippen molar-refractivity contribution in [2.45, 2.75) is 12.8 Å². The summed E-state index contributed by atoms with van der Waals surface area (Å²) in [6.07, 6.45) is 1.79. The summed E-state index contributed by atoms with van der Waals surface area (Å²) in [7, 11) is 0. The first-order valence-corrected chi connectivity index (χ1v) is 5.57.